The van der Waals surface area contributed by atoms with Gasteiger partial charge in [-0.1, -0.05) is 27.5 Å². The van der Waals surface area contributed by atoms with Crippen LogP contribution < -0.4 is 4.74 Å². The summed E-state index contributed by atoms with van der Waals surface area (Å²) < 4.78 is 10.0. The highest BCUT2D eigenvalue weighted by Crippen LogP contribution is 2.29. The zero-order chi connectivity index (χ0) is 12.1. The van der Waals surface area contributed by atoms with Gasteiger partial charge in [0.15, 0.2) is 0 Å². The Morgan fingerprint density at radius 2 is 2.19 bits per heavy atom. The maximum atomic E-state index is 11.6. The van der Waals surface area contributed by atoms with Crippen LogP contribution in [0.15, 0.2) is 12.1 Å². The largest absolute Gasteiger partial charge is 0.496 e. The standard InChI is InChI=1S/C11H12BrClO3/c1-3-16-11(14)8-4-7(6-12)9(13)5-10(8)15-2/h4-5H,3,6H2,1-2H3. The van der Waals surface area contributed by atoms with E-state index >= 15 is 0 Å². The van der Waals surface area contributed by atoms with E-state index in [1.165, 1.54) is 7.11 Å². The Labute approximate surface area is 108 Å². The Kier molecular flexibility index (Phi) is 5.09. The highest BCUT2D eigenvalue weighted by molar-refractivity contribution is 9.08. The van der Waals surface area contributed by atoms with Crippen LogP contribution in [0.3, 0.4) is 0 Å². The molecule has 0 atom stereocenters. The Bertz CT molecular complexity index is 393. The molecule has 0 N–H and O–H groups in total. The van der Waals surface area contributed by atoms with Gasteiger partial charge in [-0.3, -0.25) is 0 Å². The fraction of sp³-hybridized carbons (Fsp3) is 0.364. The molecule has 1 aromatic carbocycles. The second-order valence-electron chi connectivity index (χ2n) is 3.00. The van der Waals surface area contributed by atoms with Crippen molar-refractivity contribution in [3.8, 4) is 5.75 Å². The van der Waals surface area contributed by atoms with E-state index in [1.54, 1.807) is 19.1 Å². The Morgan fingerprint density at radius 1 is 1.50 bits per heavy atom. The third-order valence-electron chi connectivity index (χ3n) is 2.01. The van der Waals surface area contributed by atoms with Gasteiger partial charge in [0, 0.05) is 10.4 Å². The van der Waals surface area contributed by atoms with Crippen LogP contribution in [0.2, 0.25) is 5.02 Å². The molecule has 5 heteroatoms. The van der Waals surface area contributed by atoms with Gasteiger partial charge in [0.25, 0.3) is 0 Å². The number of hydrogen-bond acceptors (Lipinski definition) is 3. The average Bonchev–Trinajstić information content (AvgIpc) is 2.28. The number of benzene rings is 1. The van der Waals surface area contributed by atoms with Gasteiger partial charge in [-0.25, -0.2) is 4.79 Å². The monoisotopic (exact) mass is 306 g/mol. The van der Waals surface area contributed by atoms with Gasteiger partial charge in [-0.2, -0.15) is 0 Å². The lowest BCUT2D eigenvalue weighted by Crippen LogP contribution is -2.07. The molecule has 88 valence electrons. The molecular weight excluding hydrogens is 295 g/mol. The first kappa shape index (κ1) is 13.3. The Balaban J connectivity index is 3.19. The summed E-state index contributed by atoms with van der Waals surface area (Å²) in [6.45, 7) is 2.08. The Hall–Kier alpha value is -0.740. The number of carbonyl (C=O) groups is 1. The van der Waals surface area contributed by atoms with Crippen molar-refractivity contribution in [3.05, 3.63) is 28.3 Å². The zero-order valence-corrected chi connectivity index (χ0v) is 11.4. The molecule has 0 unspecified atom stereocenters. The summed E-state index contributed by atoms with van der Waals surface area (Å²) in [5.41, 5.74) is 1.22. The van der Waals surface area contributed by atoms with Gasteiger partial charge in [0.05, 0.1) is 13.7 Å². The van der Waals surface area contributed by atoms with Gasteiger partial charge in [0.1, 0.15) is 11.3 Å². The molecule has 0 fully saturated rings. The van der Waals surface area contributed by atoms with E-state index in [4.69, 9.17) is 21.1 Å². The summed E-state index contributed by atoms with van der Waals surface area (Å²) in [4.78, 5) is 11.6. The number of hydrogen-bond donors (Lipinski definition) is 0. The summed E-state index contributed by atoms with van der Waals surface area (Å²) in [6, 6.07) is 3.29. The number of ether oxygens (including phenoxy) is 2. The summed E-state index contributed by atoms with van der Waals surface area (Å²) in [7, 11) is 1.49. The summed E-state index contributed by atoms with van der Waals surface area (Å²) in [6.07, 6.45) is 0. The molecule has 0 saturated carbocycles. The van der Waals surface area contributed by atoms with Gasteiger partial charge < -0.3 is 9.47 Å². The van der Waals surface area contributed by atoms with Crippen molar-refractivity contribution in [2.75, 3.05) is 13.7 Å². The van der Waals surface area contributed by atoms with Crippen LogP contribution in [0.5, 0.6) is 5.75 Å². The third-order valence-corrected chi connectivity index (χ3v) is 2.96. The van der Waals surface area contributed by atoms with Crippen molar-refractivity contribution in [3.63, 3.8) is 0 Å². The molecule has 1 aromatic rings. The summed E-state index contributed by atoms with van der Waals surface area (Å²) in [5, 5.41) is 1.13. The number of carbonyl (C=O) groups excluding carboxylic acids is 1. The topological polar surface area (TPSA) is 35.5 Å². The van der Waals surface area contributed by atoms with E-state index in [0.29, 0.717) is 28.3 Å². The first-order valence-corrected chi connectivity index (χ1v) is 6.23. The highest BCUT2D eigenvalue weighted by Gasteiger charge is 2.16. The second-order valence-corrected chi connectivity index (χ2v) is 3.97. The first-order valence-electron chi connectivity index (χ1n) is 4.73. The lowest BCUT2D eigenvalue weighted by atomic mass is 10.1. The molecule has 0 amide bonds. The number of rotatable bonds is 4. The molecule has 0 aromatic heterocycles. The van der Waals surface area contributed by atoms with Gasteiger partial charge >= 0.3 is 5.97 Å². The van der Waals surface area contributed by atoms with Gasteiger partial charge in [-0.05, 0) is 24.6 Å². The van der Waals surface area contributed by atoms with Crippen LogP contribution >= 0.6 is 27.5 Å². The minimum atomic E-state index is -0.404. The fourth-order valence-corrected chi connectivity index (χ4v) is 2.09. The van der Waals surface area contributed by atoms with Crippen molar-refractivity contribution in [1.29, 1.82) is 0 Å². The van der Waals surface area contributed by atoms with Crippen molar-refractivity contribution < 1.29 is 14.3 Å². The maximum Gasteiger partial charge on any atom is 0.341 e. The molecule has 0 heterocycles. The molecule has 0 spiro atoms. The lowest BCUT2D eigenvalue weighted by Gasteiger charge is -2.10. The van der Waals surface area contributed by atoms with Crippen LogP contribution in [0.1, 0.15) is 22.8 Å². The molecule has 0 aliphatic rings. The fourth-order valence-electron chi connectivity index (χ4n) is 1.24. The molecule has 0 saturated heterocycles. The van der Waals surface area contributed by atoms with Crippen LogP contribution in [0, 0.1) is 0 Å². The predicted molar refractivity (Wildman–Crippen MR) is 66.6 cm³/mol. The van der Waals surface area contributed by atoms with Gasteiger partial charge in [-0.15, -0.1) is 0 Å². The molecule has 0 aliphatic heterocycles. The van der Waals surface area contributed by atoms with E-state index in [1.807, 2.05) is 0 Å². The molecule has 0 aliphatic carbocycles. The smallest absolute Gasteiger partial charge is 0.341 e. The third kappa shape index (κ3) is 2.89. The summed E-state index contributed by atoms with van der Waals surface area (Å²) >= 11 is 9.30. The van der Waals surface area contributed by atoms with Crippen molar-refractivity contribution in [2.45, 2.75) is 12.3 Å². The van der Waals surface area contributed by atoms with Crippen molar-refractivity contribution in [2.24, 2.45) is 0 Å². The first-order chi connectivity index (χ1) is 7.63. The average molecular weight is 308 g/mol. The van der Waals surface area contributed by atoms with Crippen molar-refractivity contribution >= 4 is 33.5 Å². The van der Waals surface area contributed by atoms with E-state index in [0.717, 1.165) is 5.56 Å². The number of methoxy groups -OCH3 is 1. The van der Waals surface area contributed by atoms with E-state index < -0.39 is 5.97 Å². The molecular formula is C11H12BrClO3. The number of alkyl halides is 1. The number of esters is 1. The van der Waals surface area contributed by atoms with E-state index in [-0.39, 0.29) is 0 Å². The quantitative estimate of drug-likeness (QED) is 0.631. The highest BCUT2D eigenvalue weighted by atomic mass is 79.9. The van der Waals surface area contributed by atoms with Crippen LogP contribution in [0.25, 0.3) is 0 Å². The number of halogens is 2. The van der Waals surface area contributed by atoms with E-state index in [2.05, 4.69) is 15.9 Å². The lowest BCUT2D eigenvalue weighted by molar-refractivity contribution is 0.0522. The van der Waals surface area contributed by atoms with Crippen LogP contribution in [-0.4, -0.2) is 19.7 Å². The van der Waals surface area contributed by atoms with Crippen LogP contribution in [-0.2, 0) is 10.1 Å². The Morgan fingerprint density at radius 3 is 2.69 bits per heavy atom. The van der Waals surface area contributed by atoms with E-state index in [9.17, 15) is 4.79 Å². The van der Waals surface area contributed by atoms with Gasteiger partial charge in [0.2, 0.25) is 0 Å². The van der Waals surface area contributed by atoms with Crippen molar-refractivity contribution in [1.82, 2.24) is 0 Å². The second kappa shape index (κ2) is 6.11. The van der Waals surface area contributed by atoms with Crippen LogP contribution in [0.4, 0.5) is 0 Å². The predicted octanol–water partition coefficient (Wildman–Crippen LogP) is 3.42. The maximum absolute atomic E-state index is 11.6. The molecule has 3 nitrogen and oxygen atoms in total. The normalized spacial score (nSPS) is 10.0. The zero-order valence-electron chi connectivity index (χ0n) is 9.05. The molecule has 0 radical (unpaired) electrons. The molecule has 1 rings (SSSR count). The minimum Gasteiger partial charge on any atom is -0.496 e. The minimum absolute atomic E-state index is 0.328. The molecule has 0 bridgehead atoms. The summed E-state index contributed by atoms with van der Waals surface area (Å²) in [5.74, 6) is 0.0198. The molecule has 16 heavy (non-hydrogen) atoms. The SMILES string of the molecule is CCOC(=O)c1cc(CBr)c(Cl)cc1OC.